The van der Waals surface area contributed by atoms with Gasteiger partial charge in [-0.05, 0) is 36.6 Å². The Bertz CT molecular complexity index is 495. The minimum absolute atomic E-state index is 0.185. The molecule has 0 radical (unpaired) electrons. The number of aliphatic imine (C=N–C) groups is 1. The van der Waals surface area contributed by atoms with Gasteiger partial charge in [0.05, 0.1) is 0 Å². The third-order valence-corrected chi connectivity index (χ3v) is 5.34. The highest BCUT2D eigenvalue weighted by atomic mass is 32.1. The van der Waals surface area contributed by atoms with Gasteiger partial charge < -0.3 is 16.0 Å². The number of amides is 1. The lowest BCUT2D eigenvalue weighted by atomic mass is 9.87. The largest absolute Gasteiger partial charge is 0.356 e. The van der Waals surface area contributed by atoms with Gasteiger partial charge in [-0.1, -0.05) is 25.3 Å². The van der Waals surface area contributed by atoms with Gasteiger partial charge in [0.1, 0.15) is 0 Å². The van der Waals surface area contributed by atoms with Crippen molar-refractivity contribution in [3.8, 4) is 0 Å². The van der Waals surface area contributed by atoms with Crippen LogP contribution < -0.4 is 16.0 Å². The summed E-state index contributed by atoms with van der Waals surface area (Å²) in [5.74, 6) is 1.57. The number of thiophene rings is 1. The first-order valence-corrected chi connectivity index (χ1v) is 9.89. The Labute approximate surface area is 149 Å². The van der Waals surface area contributed by atoms with Crippen LogP contribution in [-0.4, -0.2) is 38.5 Å². The maximum Gasteiger partial charge on any atom is 0.220 e. The molecule has 0 spiro atoms. The molecular weight excluding hydrogens is 320 g/mol. The summed E-state index contributed by atoms with van der Waals surface area (Å²) >= 11 is 1.77. The predicted molar refractivity (Wildman–Crippen MR) is 102 cm³/mol. The molecule has 0 aliphatic heterocycles. The van der Waals surface area contributed by atoms with Gasteiger partial charge in [-0.3, -0.25) is 9.79 Å². The van der Waals surface area contributed by atoms with Crippen LogP contribution in [0.15, 0.2) is 22.5 Å². The normalized spacial score (nSPS) is 16.0. The minimum atomic E-state index is 0.185. The van der Waals surface area contributed by atoms with E-state index in [0.29, 0.717) is 25.4 Å². The Hall–Kier alpha value is -1.56. The van der Waals surface area contributed by atoms with E-state index in [9.17, 15) is 4.79 Å². The van der Waals surface area contributed by atoms with E-state index in [2.05, 4.69) is 38.5 Å². The molecule has 5 nitrogen and oxygen atoms in total. The second-order valence-corrected chi connectivity index (χ2v) is 7.35. The number of carbonyl (C=O) groups excluding carboxylic acids is 1. The summed E-state index contributed by atoms with van der Waals surface area (Å²) in [4.78, 5) is 17.5. The summed E-state index contributed by atoms with van der Waals surface area (Å²) in [6, 6.07) is 4.22. The summed E-state index contributed by atoms with van der Waals surface area (Å²) in [7, 11) is 1.77. The molecule has 1 aromatic heterocycles. The molecule has 1 heterocycles. The molecule has 2 rings (SSSR count). The monoisotopic (exact) mass is 350 g/mol. The Balaban J connectivity index is 1.52. The van der Waals surface area contributed by atoms with Crippen LogP contribution in [0.5, 0.6) is 0 Å². The van der Waals surface area contributed by atoms with Crippen LogP contribution >= 0.6 is 11.3 Å². The quantitative estimate of drug-likeness (QED) is 0.383. The summed E-state index contributed by atoms with van der Waals surface area (Å²) in [6.07, 6.45) is 8.02. The Morgan fingerprint density at radius 3 is 2.62 bits per heavy atom. The van der Waals surface area contributed by atoms with E-state index in [4.69, 9.17) is 0 Å². The van der Waals surface area contributed by atoms with Crippen LogP contribution in [0.2, 0.25) is 0 Å². The molecule has 0 unspecified atom stereocenters. The van der Waals surface area contributed by atoms with Crippen molar-refractivity contribution in [1.82, 2.24) is 16.0 Å². The first kappa shape index (κ1) is 18.8. The lowest BCUT2D eigenvalue weighted by Crippen LogP contribution is -2.42. The van der Waals surface area contributed by atoms with Crippen molar-refractivity contribution in [3.63, 3.8) is 0 Å². The molecule has 6 heteroatoms. The van der Waals surface area contributed by atoms with Crippen molar-refractivity contribution in [2.75, 3.05) is 26.7 Å². The Kier molecular flexibility index (Phi) is 8.66. The van der Waals surface area contributed by atoms with Gasteiger partial charge in [-0.15, -0.1) is 11.3 Å². The summed E-state index contributed by atoms with van der Waals surface area (Å²) < 4.78 is 0. The third kappa shape index (κ3) is 7.34. The number of carbonyl (C=O) groups is 1. The molecule has 24 heavy (non-hydrogen) atoms. The average molecular weight is 351 g/mol. The van der Waals surface area contributed by atoms with Crippen LogP contribution in [0.3, 0.4) is 0 Å². The smallest absolute Gasteiger partial charge is 0.220 e. The van der Waals surface area contributed by atoms with Gasteiger partial charge >= 0.3 is 0 Å². The van der Waals surface area contributed by atoms with Crippen molar-refractivity contribution in [2.45, 2.75) is 44.9 Å². The highest BCUT2D eigenvalue weighted by Crippen LogP contribution is 2.25. The van der Waals surface area contributed by atoms with Crippen LogP contribution in [0.25, 0.3) is 0 Å². The third-order valence-electron chi connectivity index (χ3n) is 4.41. The SMILES string of the molecule is CN=C(NCCNC(=O)CC1CCCCC1)NCCc1cccs1. The molecule has 0 saturated heterocycles. The van der Waals surface area contributed by atoms with Gasteiger partial charge in [0, 0.05) is 38.0 Å². The van der Waals surface area contributed by atoms with Gasteiger partial charge in [0.25, 0.3) is 0 Å². The average Bonchev–Trinajstić information content (AvgIpc) is 3.11. The maximum atomic E-state index is 11.9. The van der Waals surface area contributed by atoms with Crippen LogP contribution in [0.4, 0.5) is 0 Å². The molecule has 0 aromatic carbocycles. The maximum absolute atomic E-state index is 11.9. The number of hydrogen-bond acceptors (Lipinski definition) is 3. The fourth-order valence-corrected chi connectivity index (χ4v) is 3.80. The van der Waals surface area contributed by atoms with Crippen molar-refractivity contribution in [1.29, 1.82) is 0 Å². The van der Waals surface area contributed by atoms with E-state index in [1.165, 1.54) is 37.0 Å². The summed E-state index contributed by atoms with van der Waals surface area (Å²) in [6.45, 7) is 2.18. The lowest BCUT2D eigenvalue weighted by Gasteiger charge is -2.20. The number of rotatable bonds is 8. The summed E-state index contributed by atoms with van der Waals surface area (Å²) in [5, 5.41) is 11.6. The molecular formula is C18H30N4OS. The fraction of sp³-hybridized carbons (Fsp3) is 0.667. The van der Waals surface area contributed by atoms with E-state index in [-0.39, 0.29) is 5.91 Å². The minimum Gasteiger partial charge on any atom is -0.356 e. The standard InChI is InChI=1S/C18H30N4OS/c1-19-18(21-10-9-16-8-5-13-24-16)22-12-11-20-17(23)14-15-6-3-2-4-7-15/h5,8,13,15H,2-4,6-7,9-12,14H2,1H3,(H,20,23)(H2,19,21,22). The first-order chi connectivity index (χ1) is 11.8. The number of guanidine groups is 1. The molecule has 3 N–H and O–H groups in total. The lowest BCUT2D eigenvalue weighted by molar-refractivity contribution is -0.122. The zero-order valence-corrected chi connectivity index (χ0v) is 15.5. The molecule has 1 amide bonds. The van der Waals surface area contributed by atoms with E-state index in [1.807, 2.05) is 0 Å². The highest BCUT2D eigenvalue weighted by Gasteiger charge is 2.16. The molecule has 1 fully saturated rings. The highest BCUT2D eigenvalue weighted by molar-refractivity contribution is 7.09. The number of nitrogens with zero attached hydrogens (tertiary/aromatic N) is 1. The fourth-order valence-electron chi connectivity index (χ4n) is 3.09. The van der Waals surface area contributed by atoms with E-state index in [1.54, 1.807) is 18.4 Å². The predicted octanol–water partition coefficient (Wildman–Crippen LogP) is 2.54. The summed E-state index contributed by atoms with van der Waals surface area (Å²) in [5.41, 5.74) is 0. The van der Waals surface area contributed by atoms with Gasteiger partial charge in [0.15, 0.2) is 5.96 Å². The molecule has 1 aromatic rings. The van der Waals surface area contributed by atoms with Crippen molar-refractivity contribution in [3.05, 3.63) is 22.4 Å². The molecule has 1 saturated carbocycles. The van der Waals surface area contributed by atoms with Crippen LogP contribution in [0.1, 0.15) is 43.4 Å². The van der Waals surface area contributed by atoms with Gasteiger partial charge in [-0.2, -0.15) is 0 Å². The van der Waals surface area contributed by atoms with E-state index < -0.39 is 0 Å². The van der Waals surface area contributed by atoms with Gasteiger partial charge in [-0.25, -0.2) is 0 Å². The first-order valence-electron chi connectivity index (χ1n) is 9.01. The van der Waals surface area contributed by atoms with E-state index >= 15 is 0 Å². The molecule has 0 bridgehead atoms. The second kappa shape index (κ2) is 11.1. The zero-order chi connectivity index (χ0) is 17.0. The van der Waals surface area contributed by atoms with Crippen LogP contribution in [-0.2, 0) is 11.2 Å². The Morgan fingerprint density at radius 2 is 1.92 bits per heavy atom. The van der Waals surface area contributed by atoms with Gasteiger partial charge in [0.2, 0.25) is 5.91 Å². The van der Waals surface area contributed by atoms with Crippen LogP contribution in [0, 0.1) is 5.92 Å². The van der Waals surface area contributed by atoms with E-state index in [0.717, 1.165) is 18.9 Å². The number of hydrogen-bond donors (Lipinski definition) is 3. The zero-order valence-electron chi connectivity index (χ0n) is 14.6. The van der Waals surface area contributed by atoms with Crippen molar-refractivity contribution >= 4 is 23.2 Å². The molecule has 1 aliphatic rings. The van der Waals surface area contributed by atoms with Crippen molar-refractivity contribution < 1.29 is 4.79 Å². The molecule has 1 aliphatic carbocycles. The molecule has 134 valence electrons. The Morgan fingerprint density at radius 1 is 1.17 bits per heavy atom. The number of nitrogens with one attached hydrogen (secondary N) is 3. The second-order valence-electron chi connectivity index (χ2n) is 6.31. The van der Waals surface area contributed by atoms with Crippen molar-refractivity contribution in [2.24, 2.45) is 10.9 Å². The topological polar surface area (TPSA) is 65.5 Å². The molecule has 0 atom stereocenters.